The Morgan fingerprint density at radius 1 is 1.27 bits per heavy atom. The molecule has 1 aliphatic carbocycles. The van der Waals surface area contributed by atoms with E-state index >= 15 is 0 Å². The Morgan fingerprint density at radius 3 is 2.45 bits per heavy atom. The van der Waals surface area contributed by atoms with Gasteiger partial charge in [-0.05, 0) is 51.9 Å². The maximum Gasteiger partial charge on any atom is 0.233 e. The minimum atomic E-state index is -0.622. The van der Waals surface area contributed by atoms with Crippen LogP contribution in [0.15, 0.2) is 24.3 Å². The molecule has 2 aliphatic rings. The summed E-state index contributed by atoms with van der Waals surface area (Å²) in [5.74, 6) is -0.134. The maximum atomic E-state index is 14.2. The number of likely N-dealkylation sites (tertiary alicyclic amines) is 1. The van der Waals surface area contributed by atoms with Crippen LogP contribution in [-0.2, 0) is 10.2 Å². The summed E-state index contributed by atoms with van der Waals surface area (Å²) in [5.41, 5.74) is -0.0327. The third-order valence-corrected chi connectivity index (χ3v) is 5.56. The van der Waals surface area contributed by atoms with E-state index in [2.05, 4.69) is 11.9 Å². The fraction of sp³-hybridized carbons (Fsp3) is 0.611. The van der Waals surface area contributed by atoms with Crippen LogP contribution in [0, 0.1) is 5.82 Å². The van der Waals surface area contributed by atoms with Crippen LogP contribution < -0.4 is 0 Å². The molecule has 120 valence electrons. The van der Waals surface area contributed by atoms with Crippen molar-refractivity contribution in [3.8, 4) is 0 Å². The molecule has 0 aromatic heterocycles. The Labute approximate surface area is 132 Å². The van der Waals surface area contributed by atoms with E-state index in [1.807, 2.05) is 18.0 Å². The Balaban J connectivity index is 1.81. The average Bonchev–Trinajstić information content (AvgIpc) is 2.48. The number of benzene rings is 1. The number of likely N-dealkylation sites (N-methyl/N-ethyl adjacent to an activating group) is 1. The lowest BCUT2D eigenvalue weighted by molar-refractivity contribution is -0.142. The van der Waals surface area contributed by atoms with Crippen LogP contribution in [0.1, 0.15) is 37.7 Å². The molecule has 1 aromatic carbocycles. The van der Waals surface area contributed by atoms with Crippen molar-refractivity contribution in [1.29, 1.82) is 0 Å². The standard InChI is InChI=1S/C18H25FN2O/c1-20-12-8-14(9-13-20)21(2)17(22)18(10-5-11-18)15-6-3-4-7-16(15)19/h3-4,6-7,14H,5,8-13H2,1-2H3. The first-order valence-electron chi connectivity index (χ1n) is 8.25. The molecule has 1 aromatic rings. The molecule has 4 heteroatoms. The van der Waals surface area contributed by atoms with Gasteiger partial charge in [-0.3, -0.25) is 4.79 Å². The van der Waals surface area contributed by atoms with Gasteiger partial charge in [-0.2, -0.15) is 0 Å². The van der Waals surface area contributed by atoms with Crippen molar-refractivity contribution >= 4 is 5.91 Å². The van der Waals surface area contributed by atoms with Gasteiger partial charge in [0.1, 0.15) is 5.82 Å². The van der Waals surface area contributed by atoms with Crippen molar-refractivity contribution < 1.29 is 9.18 Å². The number of halogens is 1. The minimum absolute atomic E-state index is 0.110. The zero-order valence-electron chi connectivity index (χ0n) is 13.5. The van der Waals surface area contributed by atoms with Gasteiger partial charge in [0, 0.05) is 18.7 Å². The van der Waals surface area contributed by atoms with Crippen molar-refractivity contribution in [2.75, 3.05) is 27.2 Å². The first kappa shape index (κ1) is 15.5. The third kappa shape index (κ3) is 2.54. The van der Waals surface area contributed by atoms with Crippen molar-refractivity contribution in [1.82, 2.24) is 9.80 Å². The van der Waals surface area contributed by atoms with Crippen LogP contribution in [0.2, 0.25) is 0 Å². The van der Waals surface area contributed by atoms with E-state index in [1.54, 1.807) is 12.1 Å². The Kier molecular flexibility index (Phi) is 4.22. The van der Waals surface area contributed by atoms with Gasteiger partial charge in [0.05, 0.1) is 5.41 Å². The number of carbonyl (C=O) groups is 1. The maximum absolute atomic E-state index is 14.2. The number of hydrogen-bond acceptors (Lipinski definition) is 2. The molecule has 2 fully saturated rings. The van der Waals surface area contributed by atoms with E-state index in [-0.39, 0.29) is 17.8 Å². The van der Waals surface area contributed by atoms with E-state index in [0.717, 1.165) is 45.2 Å². The third-order valence-electron chi connectivity index (χ3n) is 5.56. The van der Waals surface area contributed by atoms with Gasteiger partial charge < -0.3 is 9.80 Å². The molecule has 0 radical (unpaired) electrons. The van der Waals surface area contributed by atoms with Crippen LogP contribution in [-0.4, -0.2) is 48.9 Å². The van der Waals surface area contributed by atoms with E-state index in [1.165, 1.54) is 6.07 Å². The highest BCUT2D eigenvalue weighted by atomic mass is 19.1. The van der Waals surface area contributed by atoms with Crippen LogP contribution in [0.3, 0.4) is 0 Å². The number of hydrogen-bond donors (Lipinski definition) is 0. The lowest BCUT2D eigenvalue weighted by Gasteiger charge is -2.46. The number of carbonyl (C=O) groups excluding carboxylic acids is 1. The topological polar surface area (TPSA) is 23.6 Å². The molecule has 0 atom stereocenters. The number of piperidine rings is 1. The smallest absolute Gasteiger partial charge is 0.233 e. The molecule has 1 amide bonds. The summed E-state index contributed by atoms with van der Waals surface area (Å²) in [5, 5.41) is 0. The average molecular weight is 304 g/mol. The highest BCUT2D eigenvalue weighted by Crippen LogP contribution is 2.46. The Morgan fingerprint density at radius 2 is 1.91 bits per heavy atom. The fourth-order valence-electron chi connectivity index (χ4n) is 3.86. The van der Waals surface area contributed by atoms with Crippen molar-refractivity contribution in [2.45, 2.75) is 43.6 Å². The van der Waals surface area contributed by atoms with Crippen LogP contribution in [0.4, 0.5) is 4.39 Å². The van der Waals surface area contributed by atoms with Gasteiger partial charge >= 0.3 is 0 Å². The highest BCUT2D eigenvalue weighted by Gasteiger charge is 2.49. The zero-order chi connectivity index (χ0) is 15.7. The second-order valence-corrected chi connectivity index (χ2v) is 6.87. The molecule has 0 spiro atoms. The summed E-state index contributed by atoms with van der Waals surface area (Å²) in [6.07, 6.45) is 4.55. The van der Waals surface area contributed by atoms with Gasteiger partial charge in [0.25, 0.3) is 0 Å². The van der Waals surface area contributed by atoms with Crippen LogP contribution in [0.25, 0.3) is 0 Å². The molecule has 0 N–H and O–H groups in total. The molecule has 1 saturated heterocycles. The Bertz CT molecular complexity index is 548. The summed E-state index contributed by atoms with van der Waals surface area (Å²) < 4.78 is 14.2. The van der Waals surface area contributed by atoms with Gasteiger partial charge in [-0.25, -0.2) is 4.39 Å². The summed E-state index contributed by atoms with van der Waals surface area (Å²) in [7, 11) is 4.02. The van der Waals surface area contributed by atoms with Gasteiger partial charge in [-0.1, -0.05) is 24.6 Å². The van der Waals surface area contributed by atoms with Gasteiger partial charge in [-0.15, -0.1) is 0 Å². The van der Waals surface area contributed by atoms with Crippen molar-refractivity contribution in [3.63, 3.8) is 0 Å². The van der Waals surface area contributed by atoms with Crippen LogP contribution >= 0.6 is 0 Å². The lowest BCUT2D eigenvalue weighted by atomic mass is 9.63. The molecule has 1 aliphatic heterocycles. The molecule has 0 bridgehead atoms. The van der Waals surface area contributed by atoms with E-state index in [4.69, 9.17) is 0 Å². The van der Waals surface area contributed by atoms with Gasteiger partial charge in [0.15, 0.2) is 0 Å². The predicted octanol–water partition coefficient (Wildman–Crippen LogP) is 2.80. The molecule has 22 heavy (non-hydrogen) atoms. The highest BCUT2D eigenvalue weighted by molar-refractivity contribution is 5.89. The minimum Gasteiger partial charge on any atom is -0.342 e. The number of amides is 1. The summed E-state index contributed by atoms with van der Waals surface area (Å²) >= 11 is 0. The summed E-state index contributed by atoms with van der Waals surface area (Å²) in [6.45, 7) is 2.05. The predicted molar refractivity (Wildman–Crippen MR) is 85.2 cm³/mol. The molecular weight excluding hydrogens is 279 g/mol. The quantitative estimate of drug-likeness (QED) is 0.857. The molecular formula is C18H25FN2O. The first-order valence-corrected chi connectivity index (χ1v) is 8.25. The second-order valence-electron chi connectivity index (χ2n) is 6.87. The Hall–Kier alpha value is -1.42. The van der Waals surface area contributed by atoms with Crippen LogP contribution in [0.5, 0.6) is 0 Å². The molecule has 1 saturated carbocycles. The SMILES string of the molecule is CN1CCC(N(C)C(=O)C2(c3ccccc3F)CCC2)CC1. The second kappa shape index (κ2) is 5.99. The molecule has 0 unspecified atom stereocenters. The monoisotopic (exact) mass is 304 g/mol. The largest absolute Gasteiger partial charge is 0.342 e. The lowest BCUT2D eigenvalue weighted by Crippen LogP contribution is -2.54. The molecule has 3 rings (SSSR count). The van der Waals surface area contributed by atoms with E-state index < -0.39 is 5.41 Å². The molecule has 1 heterocycles. The van der Waals surface area contributed by atoms with Crippen molar-refractivity contribution in [3.05, 3.63) is 35.6 Å². The van der Waals surface area contributed by atoms with E-state index in [9.17, 15) is 9.18 Å². The number of rotatable bonds is 3. The first-order chi connectivity index (χ1) is 10.5. The number of nitrogens with zero attached hydrogens (tertiary/aromatic N) is 2. The summed E-state index contributed by atoms with van der Waals surface area (Å²) in [4.78, 5) is 17.3. The fourth-order valence-corrected chi connectivity index (χ4v) is 3.86. The van der Waals surface area contributed by atoms with Gasteiger partial charge in [0.2, 0.25) is 5.91 Å². The molecule has 3 nitrogen and oxygen atoms in total. The normalized spacial score (nSPS) is 22.1. The van der Waals surface area contributed by atoms with E-state index in [0.29, 0.717) is 5.56 Å². The summed E-state index contributed by atoms with van der Waals surface area (Å²) in [6, 6.07) is 7.07. The van der Waals surface area contributed by atoms with Crippen molar-refractivity contribution in [2.24, 2.45) is 0 Å². The zero-order valence-corrected chi connectivity index (χ0v) is 13.5.